The first kappa shape index (κ1) is 17.6. The van der Waals surface area contributed by atoms with E-state index in [2.05, 4.69) is 11.8 Å². The van der Waals surface area contributed by atoms with Crippen LogP contribution in [0.25, 0.3) is 0 Å². The van der Waals surface area contributed by atoms with Crippen molar-refractivity contribution in [3.63, 3.8) is 0 Å². The van der Waals surface area contributed by atoms with Crippen LogP contribution in [0, 0.1) is 17.7 Å². The normalized spacial score (nSPS) is 12.9. The molecule has 1 aromatic carbocycles. The zero-order valence-corrected chi connectivity index (χ0v) is 12.7. The van der Waals surface area contributed by atoms with Crippen molar-refractivity contribution in [3.05, 3.63) is 29.6 Å². The third-order valence-corrected chi connectivity index (χ3v) is 4.71. The summed E-state index contributed by atoms with van der Waals surface area (Å²) < 4.78 is 39.2. The first-order chi connectivity index (χ1) is 9.78. The summed E-state index contributed by atoms with van der Waals surface area (Å²) in [6.45, 7) is 1.24. The Hall–Kier alpha value is -1.46. The van der Waals surface area contributed by atoms with Crippen LogP contribution in [0.3, 0.4) is 0 Å². The van der Waals surface area contributed by atoms with E-state index in [0.29, 0.717) is 0 Å². The monoisotopic (exact) mass is 315 g/mol. The lowest BCUT2D eigenvalue weighted by Crippen LogP contribution is -2.30. The molecule has 21 heavy (non-hydrogen) atoms. The zero-order valence-electron chi connectivity index (χ0n) is 11.9. The molecular weight excluding hydrogens is 297 g/mol. The number of hydrogen-bond acceptors (Lipinski definition) is 4. The molecule has 0 radical (unpaired) electrons. The molecule has 7 heteroatoms. The van der Waals surface area contributed by atoms with E-state index in [1.54, 1.807) is 6.92 Å². The Morgan fingerprint density at radius 3 is 2.67 bits per heavy atom. The fraction of sp³-hybridized carbons (Fsp3) is 0.429. The average Bonchev–Trinajstić information content (AvgIpc) is 2.42. The van der Waals surface area contributed by atoms with Crippen LogP contribution in [0.5, 0.6) is 0 Å². The summed E-state index contributed by atoms with van der Waals surface area (Å²) in [5.41, 5.74) is -0.00653. The van der Waals surface area contributed by atoms with Gasteiger partial charge in [0.25, 0.3) is 0 Å². The van der Waals surface area contributed by atoms with E-state index in [4.69, 9.17) is 5.11 Å². The molecule has 0 heterocycles. The number of rotatable bonds is 5. The van der Waals surface area contributed by atoms with E-state index in [1.807, 2.05) is 0 Å². The quantitative estimate of drug-likeness (QED) is 0.779. The van der Waals surface area contributed by atoms with Crippen molar-refractivity contribution in [1.29, 1.82) is 0 Å². The van der Waals surface area contributed by atoms with Gasteiger partial charge in [0.15, 0.2) is 0 Å². The summed E-state index contributed by atoms with van der Waals surface area (Å²) in [5.74, 6) is 4.14. The maximum Gasteiger partial charge on any atom is 0.244 e. The molecule has 0 bridgehead atoms. The molecule has 0 aliphatic rings. The summed E-state index contributed by atoms with van der Waals surface area (Å²) in [6, 6.07) is 3.20. The Morgan fingerprint density at radius 1 is 1.43 bits per heavy atom. The highest BCUT2D eigenvalue weighted by atomic mass is 32.2. The second-order valence-corrected chi connectivity index (χ2v) is 6.58. The molecule has 0 aromatic heterocycles. The van der Waals surface area contributed by atoms with Crippen molar-refractivity contribution < 1.29 is 23.0 Å². The Labute approximate surface area is 124 Å². The van der Waals surface area contributed by atoms with Gasteiger partial charge in [-0.15, -0.1) is 0 Å². The third kappa shape index (κ3) is 4.79. The lowest BCUT2D eigenvalue weighted by atomic mass is 10.2. The highest BCUT2D eigenvalue weighted by molar-refractivity contribution is 7.89. The van der Waals surface area contributed by atoms with E-state index in [0.717, 1.165) is 22.5 Å². The smallest absolute Gasteiger partial charge is 0.244 e. The van der Waals surface area contributed by atoms with Crippen molar-refractivity contribution >= 4 is 10.0 Å². The van der Waals surface area contributed by atoms with Crippen molar-refractivity contribution in [3.8, 4) is 11.8 Å². The Bertz CT molecular complexity index is 647. The molecular formula is C14H18FNO4S. The third-order valence-electron chi connectivity index (χ3n) is 2.79. The largest absolute Gasteiger partial charge is 0.393 e. The van der Waals surface area contributed by atoms with E-state index in [1.165, 1.54) is 7.05 Å². The van der Waals surface area contributed by atoms with Gasteiger partial charge in [-0.2, -0.15) is 0 Å². The Morgan fingerprint density at radius 2 is 2.10 bits per heavy atom. The molecule has 5 nitrogen and oxygen atoms in total. The topological polar surface area (TPSA) is 77.8 Å². The molecule has 0 spiro atoms. The molecule has 1 aromatic rings. The van der Waals surface area contributed by atoms with E-state index in [-0.39, 0.29) is 23.4 Å². The second kappa shape index (κ2) is 7.52. The van der Waals surface area contributed by atoms with Crippen LogP contribution in [-0.4, -0.2) is 49.2 Å². The second-order valence-electron chi connectivity index (χ2n) is 4.56. The lowest BCUT2D eigenvalue weighted by Gasteiger charge is -2.18. The van der Waals surface area contributed by atoms with Crippen molar-refractivity contribution in [1.82, 2.24) is 4.31 Å². The number of halogens is 1. The van der Waals surface area contributed by atoms with Crippen molar-refractivity contribution in [2.75, 3.05) is 20.2 Å². The van der Waals surface area contributed by atoms with Gasteiger partial charge in [-0.25, -0.2) is 17.1 Å². The van der Waals surface area contributed by atoms with Gasteiger partial charge in [-0.05, 0) is 31.5 Å². The standard InChI is InChI=1S/C14H18FNO4S/c1-11(18)7-8-16(2)21(19,20)14-6-5-13(15)10-12(14)4-3-9-17/h5-6,10-11,17-18H,7-9H2,1-2H3. The van der Waals surface area contributed by atoms with Crippen LogP contribution in [-0.2, 0) is 10.0 Å². The van der Waals surface area contributed by atoms with Crippen LogP contribution >= 0.6 is 0 Å². The summed E-state index contributed by atoms with van der Waals surface area (Å²) >= 11 is 0. The van der Waals surface area contributed by atoms with Gasteiger partial charge in [0.1, 0.15) is 12.4 Å². The lowest BCUT2D eigenvalue weighted by molar-refractivity contribution is 0.177. The predicted molar refractivity (Wildman–Crippen MR) is 76.5 cm³/mol. The van der Waals surface area contributed by atoms with E-state index >= 15 is 0 Å². The molecule has 116 valence electrons. The van der Waals surface area contributed by atoms with Crippen LogP contribution in [0.2, 0.25) is 0 Å². The number of aliphatic hydroxyl groups is 2. The Balaban J connectivity index is 3.18. The first-order valence-electron chi connectivity index (χ1n) is 6.32. The fourth-order valence-electron chi connectivity index (χ4n) is 1.62. The van der Waals surface area contributed by atoms with Crippen LogP contribution in [0.4, 0.5) is 4.39 Å². The van der Waals surface area contributed by atoms with Gasteiger partial charge in [-0.3, -0.25) is 0 Å². The number of hydrogen-bond donors (Lipinski definition) is 2. The summed E-state index contributed by atoms with van der Waals surface area (Å²) in [6.07, 6.45) is -0.335. The fourth-order valence-corrected chi connectivity index (χ4v) is 2.93. The zero-order chi connectivity index (χ0) is 16.0. The van der Waals surface area contributed by atoms with Gasteiger partial charge < -0.3 is 10.2 Å². The number of benzene rings is 1. The van der Waals surface area contributed by atoms with Crippen molar-refractivity contribution in [2.24, 2.45) is 0 Å². The average molecular weight is 315 g/mol. The minimum atomic E-state index is -3.84. The van der Waals surface area contributed by atoms with Gasteiger partial charge >= 0.3 is 0 Å². The highest BCUT2D eigenvalue weighted by Gasteiger charge is 2.24. The first-order valence-corrected chi connectivity index (χ1v) is 7.76. The molecule has 0 saturated heterocycles. The maximum atomic E-state index is 13.2. The van der Waals surface area contributed by atoms with Crippen molar-refractivity contribution in [2.45, 2.75) is 24.3 Å². The maximum absolute atomic E-state index is 13.2. The van der Waals surface area contributed by atoms with E-state index < -0.39 is 28.6 Å². The minimum Gasteiger partial charge on any atom is -0.393 e. The molecule has 1 atom stereocenters. The number of aliphatic hydroxyl groups excluding tert-OH is 2. The SMILES string of the molecule is CC(O)CCN(C)S(=O)(=O)c1ccc(F)cc1C#CCO. The molecule has 0 aliphatic carbocycles. The molecule has 1 rings (SSSR count). The Kier molecular flexibility index (Phi) is 6.30. The van der Waals surface area contributed by atoms with Crippen LogP contribution < -0.4 is 0 Å². The molecule has 0 fully saturated rings. The molecule has 0 saturated carbocycles. The number of nitrogens with zero attached hydrogens (tertiary/aromatic N) is 1. The minimum absolute atomic E-state index is 0.00653. The van der Waals surface area contributed by atoms with Gasteiger partial charge in [0.2, 0.25) is 10.0 Å². The molecule has 0 amide bonds. The van der Waals surface area contributed by atoms with E-state index in [9.17, 15) is 17.9 Å². The molecule has 0 aliphatic heterocycles. The molecule has 2 N–H and O–H groups in total. The van der Waals surface area contributed by atoms with Crippen LogP contribution in [0.1, 0.15) is 18.9 Å². The number of sulfonamides is 1. The van der Waals surface area contributed by atoms with Crippen LogP contribution in [0.15, 0.2) is 23.1 Å². The summed E-state index contributed by atoms with van der Waals surface area (Å²) in [4.78, 5) is -0.127. The van der Waals surface area contributed by atoms with Gasteiger partial charge in [0, 0.05) is 19.2 Å². The summed E-state index contributed by atoms with van der Waals surface area (Å²) in [7, 11) is -2.46. The summed E-state index contributed by atoms with van der Waals surface area (Å²) in [5, 5.41) is 17.9. The van der Waals surface area contributed by atoms with Gasteiger partial charge in [-0.1, -0.05) is 11.8 Å². The highest BCUT2D eigenvalue weighted by Crippen LogP contribution is 2.20. The predicted octanol–water partition coefficient (Wildman–Crippen LogP) is 0.561. The van der Waals surface area contributed by atoms with Gasteiger partial charge in [0.05, 0.1) is 11.0 Å². The molecule has 1 unspecified atom stereocenters.